The van der Waals surface area contributed by atoms with E-state index in [1.54, 1.807) is 18.2 Å². The monoisotopic (exact) mass is 277 g/mol. The number of nitrogens with zero attached hydrogens (tertiary/aromatic N) is 1. The smallest absolute Gasteiger partial charge is 0.372 e. The van der Waals surface area contributed by atoms with Gasteiger partial charge in [0.05, 0.1) is 12.0 Å². The van der Waals surface area contributed by atoms with Crippen LogP contribution in [0.5, 0.6) is 0 Å². The first kappa shape index (κ1) is 12.9. The molecule has 5 heteroatoms. The van der Waals surface area contributed by atoms with Crippen LogP contribution in [0.4, 0.5) is 13.2 Å². The van der Waals surface area contributed by atoms with Crippen LogP contribution >= 0.6 is 0 Å². The first-order valence-electron chi connectivity index (χ1n) is 6.11. The van der Waals surface area contributed by atoms with Crippen LogP contribution in [0.3, 0.4) is 0 Å². The number of alkyl halides is 3. The Morgan fingerprint density at radius 3 is 2.65 bits per heavy atom. The van der Waals surface area contributed by atoms with Gasteiger partial charge in [0.15, 0.2) is 0 Å². The highest BCUT2D eigenvalue weighted by Gasteiger charge is 2.62. The van der Waals surface area contributed by atoms with E-state index in [1.807, 2.05) is 6.07 Å². The number of halogens is 3. The number of hydrogen-bond acceptors (Lipinski definition) is 2. The normalized spacial score (nSPS) is 28.1. The molecule has 3 rings (SSSR count). The van der Waals surface area contributed by atoms with Gasteiger partial charge in [0.25, 0.3) is 0 Å². The van der Waals surface area contributed by atoms with Crippen molar-refractivity contribution in [2.45, 2.75) is 18.2 Å². The zero-order valence-electron chi connectivity index (χ0n) is 10.3. The lowest BCUT2D eigenvalue weighted by atomic mass is 9.84. The minimum Gasteiger partial charge on any atom is -0.372 e. The predicted octanol–water partition coefficient (Wildman–Crippen LogP) is 3.30. The average molecular weight is 277 g/mol. The molecule has 0 spiro atoms. The SMILES string of the molecule is N#CC1C=C2C(=CC1)c1ccccc1C2(O)C(F)(F)F. The van der Waals surface area contributed by atoms with Gasteiger partial charge in [-0.25, -0.2) is 0 Å². The maximum Gasteiger partial charge on any atom is 0.425 e. The standard InChI is InChI=1S/C15H10F3NO/c16-15(17,18)14(20)12-4-2-1-3-10(12)11-6-5-9(8-19)7-13(11)14/h1-4,6-7,9,20H,5H2. The summed E-state index contributed by atoms with van der Waals surface area (Å²) in [5.41, 5.74) is -2.64. The highest BCUT2D eigenvalue weighted by atomic mass is 19.4. The van der Waals surface area contributed by atoms with Crippen molar-refractivity contribution in [3.63, 3.8) is 0 Å². The topological polar surface area (TPSA) is 44.0 Å². The summed E-state index contributed by atoms with van der Waals surface area (Å²) in [4.78, 5) is 0. The van der Waals surface area contributed by atoms with Crippen molar-refractivity contribution >= 4 is 5.57 Å². The molecule has 2 atom stereocenters. The van der Waals surface area contributed by atoms with E-state index in [0.717, 1.165) is 0 Å². The van der Waals surface area contributed by atoms with E-state index in [2.05, 4.69) is 0 Å². The average Bonchev–Trinajstić information content (AvgIpc) is 2.70. The van der Waals surface area contributed by atoms with Crippen molar-refractivity contribution in [2.24, 2.45) is 5.92 Å². The van der Waals surface area contributed by atoms with Crippen LogP contribution in [0.1, 0.15) is 17.5 Å². The van der Waals surface area contributed by atoms with Crippen LogP contribution in [0.15, 0.2) is 42.0 Å². The van der Waals surface area contributed by atoms with Gasteiger partial charge in [0.2, 0.25) is 5.60 Å². The van der Waals surface area contributed by atoms with Crippen LogP contribution in [0, 0.1) is 17.2 Å². The molecule has 0 aliphatic heterocycles. The Kier molecular flexibility index (Phi) is 2.57. The zero-order chi connectivity index (χ0) is 14.5. The molecule has 0 radical (unpaired) electrons. The van der Waals surface area contributed by atoms with Crippen LogP contribution in [0.2, 0.25) is 0 Å². The molecule has 0 saturated carbocycles. The molecule has 0 aromatic heterocycles. The van der Waals surface area contributed by atoms with Crippen molar-refractivity contribution in [1.29, 1.82) is 5.26 Å². The molecular weight excluding hydrogens is 267 g/mol. The lowest BCUT2D eigenvalue weighted by Crippen LogP contribution is -2.42. The molecule has 2 aliphatic rings. The Hall–Kier alpha value is -2.06. The molecule has 2 aliphatic carbocycles. The molecule has 102 valence electrons. The van der Waals surface area contributed by atoms with Crippen molar-refractivity contribution in [3.8, 4) is 6.07 Å². The molecule has 1 N–H and O–H groups in total. The second kappa shape index (κ2) is 3.97. The summed E-state index contributed by atoms with van der Waals surface area (Å²) in [5, 5.41) is 19.3. The van der Waals surface area contributed by atoms with Gasteiger partial charge in [-0.05, 0) is 17.6 Å². The maximum absolute atomic E-state index is 13.4. The van der Waals surface area contributed by atoms with Crippen molar-refractivity contribution < 1.29 is 18.3 Å². The Morgan fingerprint density at radius 2 is 2.00 bits per heavy atom. The second-order valence-electron chi connectivity index (χ2n) is 4.92. The van der Waals surface area contributed by atoms with Crippen LogP contribution in [-0.4, -0.2) is 11.3 Å². The number of hydrogen-bond donors (Lipinski definition) is 1. The van der Waals surface area contributed by atoms with Crippen LogP contribution in [0.25, 0.3) is 5.57 Å². The van der Waals surface area contributed by atoms with Gasteiger partial charge in [-0.15, -0.1) is 0 Å². The molecule has 0 amide bonds. The summed E-state index contributed by atoms with van der Waals surface area (Å²) in [6.45, 7) is 0. The molecule has 0 fully saturated rings. The number of aliphatic hydroxyl groups is 1. The second-order valence-corrected chi connectivity index (χ2v) is 4.92. The van der Waals surface area contributed by atoms with E-state index in [9.17, 15) is 18.3 Å². The van der Waals surface area contributed by atoms with Crippen molar-refractivity contribution in [2.75, 3.05) is 0 Å². The Balaban J connectivity index is 2.31. The lowest BCUT2D eigenvalue weighted by Gasteiger charge is -2.30. The molecular formula is C15H10F3NO. The Bertz CT molecular complexity index is 681. The van der Waals surface area contributed by atoms with Crippen molar-refractivity contribution in [1.82, 2.24) is 0 Å². The van der Waals surface area contributed by atoms with Gasteiger partial charge in [0, 0.05) is 11.1 Å². The molecule has 2 unspecified atom stereocenters. The van der Waals surface area contributed by atoms with Gasteiger partial charge in [-0.1, -0.05) is 36.4 Å². The molecule has 1 aromatic carbocycles. The fraction of sp³-hybridized carbons (Fsp3) is 0.267. The highest BCUT2D eigenvalue weighted by Crippen LogP contribution is 2.57. The molecule has 2 nitrogen and oxygen atoms in total. The third kappa shape index (κ3) is 1.49. The number of rotatable bonds is 0. The number of nitriles is 1. The predicted molar refractivity (Wildman–Crippen MR) is 66.2 cm³/mol. The Labute approximate surface area is 113 Å². The number of allylic oxidation sites excluding steroid dienone is 2. The Morgan fingerprint density at radius 1 is 1.30 bits per heavy atom. The van der Waals surface area contributed by atoms with Crippen LogP contribution in [-0.2, 0) is 5.60 Å². The summed E-state index contributed by atoms with van der Waals surface area (Å²) in [6.07, 6.45) is -1.63. The fourth-order valence-corrected chi connectivity index (χ4v) is 2.86. The van der Waals surface area contributed by atoms with E-state index in [4.69, 9.17) is 5.26 Å². The van der Waals surface area contributed by atoms with Gasteiger partial charge in [0.1, 0.15) is 0 Å². The summed E-state index contributed by atoms with van der Waals surface area (Å²) >= 11 is 0. The first-order chi connectivity index (χ1) is 9.39. The van der Waals surface area contributed by atoms with Gasteiger partial charge in [-0.2, -0.15) is 18.4 Å². The third-order valence-electron chi connectivity index (χ3n) is 3.81. The summed E-state index contributed by atoms with van der Waals surface area (Å²) in [5.74, 6) is -0.642. The molecule has 0 heterocycles. The van der Waals surface area contributed by atoms with Gasteiger partial charge >= 0.3 is 6.18 Å². The molecule has 0 saturated heterocycles. The molecule has 0 bridgehead atoms. The summed E-state index contributed by atoms with van der Waals surface area (Å²) in [7, 11) is 0. The zero-order valence-corrected chi connectivity index (χ0v) is 10.3. The van der Waals surface area contributed by atoms with E-state index in [0.29, 0.717) is 17.6 Å². The number of fused-ring (bicyclic) bond motifs is 3. The quantitative estimate of drug-likeness (QED) is 0.790. The minimum atomic E-state index is -4.83. The van der Waals surface area contributed by atoms with E-state index in [1.165, 1.54) is 18.2 Å². The van der Waals surface area contributed by atoms with E-state index >= 15 is 0 Å². The third-order valence-corrected chi connectivity index (χ3v) is 3.81. The van der Waals surface area contributed by atoms with Gasteiger partial charge < -0.3 is 5.11 Å². The van der Waals surface area contributed by atoms with E-state index in [-0.39, 0.29) is 11.1 Å². The molecule has 20 heavy (non-hydrogen) atoms. The fourth-order valence-electron chi connectivity index (χ4n) is 2.86. The van der Waals surface area contributed by atoms with E-state index < -0.39 is 17.7 Å². The van der Waals surface area contributed by atoms with Gasteiger partial charge in [-0.3, -0.25) is 0 Å². The highest BCUT2D eigenvalue weighted by molar-refractivity contribution is 5.90. The number of benzene rings is 1. The first-order valence-corrected chi connectivity index (χ1v) is 6.11. The minimum absolute atomic E-state index is 0.163. The maximum atomic E-state index is 13.4. The summed E-state index contributed by atoms with van der Waals surface area (Å²) in [6, 6.07) is 7.88. The lowest BCUT2D eigenvalue weighted by molar-refractivity contribution is -0.247. The summed E-state index contributed by atoms with van der Waals surface area (Å²) < 4.78 is 40.3. The van der Waals surface area contributed by atoms with Crippen LogP contribution < -0.4 is 0 Å². The largest absolute Gasteiger partial charge is 0.425 e. The molecule has 1 aromatic rings. The van der Waals surface area contributed by atoms with Crippen molar-refractivity contribution in [3.05, 3.63) is 53.1 Å².